The van der Waals surface area contributed by atoms with Gasteiger partial charge in [-0.25, -0.2) is 4.39 Å². The maximum Gasteiger partial charge on any atom is 0.292 e. The van der Waals surface area contributed by atoms with Crippen LogP contribution < -0.4 is 4.90 Å². The number of halogens is 1. The molecule has 1 heterocycles. The van der Waals surface area contributed by atoms with E-state index in [4.69, 9.17) is 0 Å². The van der Waals surface area contributed by atoms with Crippen LogP contribution in [0.2, 0.25) is 0 Å². The second-order valence-electron chi connectivity index (χ2n) is 4.77. The van der Waals surface area contributed by atoms with E-state index in [9.17, 15) is 19.6 Å². The first kappa shape index (κ1) is 13.7. The van der Waals surface area contributed by atoms with Gasteiger partial charge < -0.3 is 10.0 Å². The fraction of sp³-hybridized carbons (Fsp3) is 0.538. The lowest BCUT2D eigenvalue weighted by Gasteiger charge is -2.30. The molecule has 2 rings (SSSR count). The number of nitro groups is 1. The molecule has 1 aromatic rings. The van der Waals surface area contributed by atoms with Crippen molar-refractivity contribution in [1.82, 2.24) is 0 Å². The summed E-state index contributed by atoms with van der Waals surface area (Å²) in [6.07, 6.45) is 3.66. The number of anilines is 1. The summed E-state index contributed by atoms with van der Waals surface area (Å²) in [5.41, 5.74) is 0.160. The molecule has 1 unspecified atom stereocenters. The van der Waals surface area contributed by atoms with Crippen molar-refractivity contribution < 1.29 is 14.4 Å². The Morgan fingerprint density at radius 1 is 1.42 bits per heavy atom. The van der Waals surface area contributed by atoms with Gasteiger partial charge in [0.25, 0.3) is 5.69 Å². The van der Waals surface area contributed by atoms with Crippen LogP contribution in [0.5, 0.6) is 0 Å². The SMILES string of the molecule is O=[N+]([O-])c1ccc(F)cc1N1CCCCCC1CO. The minimum atomic E-state index is -0.506. The molecule has 1 saturated heterocycles. The fourth-order valence-electron chi connectivity index (χ4n) is 2.57. The van der Waals surface area contributed by atoms with Crippen molar-refractivity contribution in [3.8, 4) is 0 Å². The second kappa shape index (κ2) is 5.97. The molecule has 19 heavy (non-hydrogen) atoms. The Labute approximate surface area is 110 Å². The first-order chi connectivity index (χ1) is 9.13. The number of aliphatic hydroxyl groups excluding tert-OH is 1. The third-order valence-corrected chi connectivity index (χ3v) is 3.53. The number of benzene rings is 1. The largest absolute Gasteiger partial charge is 0.394 e. The molecule has 1 aliphatic heterocycles. The van der Waals surface area contributed by atoms with Gasteiger partial charge in [-0.3, -0.25) is 10.1 Å². The minimum absolute atomic E-state index is 0.0757. The quantitative estimate of drug-likeness (QED) is 0.675. The third kappa shape index (κ3) is 3.01. The summed E-state index contributed by atoms with van der Waals surface area (Å²) in [4.78, 5) is 12.3. The molecule has 0 aliphatic carbocycles. The highest BCUT2D eigenvalue weighted by molar-refractivity contribution is 5.64. The molecule has 104 valence electrons. The van der Waals surface area contributed by atoms with Crippen LogP contribution in [0.4, 0.5) is 15.8 Å². The zero-order chi connectivity index (χ0) is 13.8. The minimum Gasteiger partial charge on any atom is -0.394 e. The molecule has 1 aromatic carbocycles. The van der Waals surface area contributed by atoms with Crippen molar-refractivity contribution >= 4 is 11.4 Å². The molecule has 1 aliphatic rings. The third-order valence-electron chi connectivity index (χ3n) is 3.53. The zero-order valence-electron chi connectivity index (χ0n) is 10.6. The van der Waals surface area contributed by atoms with Gasteiger partial charge in [-0.1, -0.05) is 12.8 Å². The number of nitrogens with zero attached hydrogens (tertiary/aromatic N) is 2. The van der Waals surface area contributed by atoms with E-state index in [0.717, 1.165) is 31.7 Å². The summed E-state index contributed by atoms with van der Waals surface area (Å²) >= 11 is 0. The summed E-state index contributed by atoms with van der Waals surface area (Å²) in [5, 5.41) is 20.5. The Bertz CT molecular complexity index is 467. The summed E-state index contributed by atoms with van der Waals surface area (Å²) in [6.45, 7) is 0.531. The van der Waals surface area contributed by atoms with Crippen molar-refractivity contribution in [1.29, 1.82) is 0 Å². The Morgan fingerprint density at radius 2 is 2.21 bits per heavy atom. The molecule has 5 nitrogen and oxygen atoms in total. The standard InChI is InChI=1S/C13H17FN2O3/c14-10-5-6-12(16(18)19)13(8-10)15-7-3-1-2-4-11(15)9-17/h5-6,8,11,17H,1-4,7,9H2. The van der Waals surface area contributed by atoms with E-state index in [1.165, 1.54) is 12.1 Å². The Morgan fingerprint density at radius 3 is 2.89 bits per heavy atom. The topological polar surface area (TPSA) is 66.6 Å². The molecule has 0 radical (unpaired) electrons. The maximum atomic E-state index is 13.4. The van der Waals surface area contributed by atoms with Gasteiger partial charge in [0.1, 0.15) is 11.5 Å². The van der Waals surface area contributed by atoms with E-state index in [1.54, 1.807) is 4.90 Å². The van der Waals surface area contributed by atoms with Crippen molar-refractivity contribution in [2.24, 2.45) is 0 Å². The van der Waals surface area contributed by atoms with E-state index in [0.29, 0.717) is 6.54 Å². The van der Waals surface area contributed by atoms with Crippen molar-refractivity contribution in [3.05, 3.63) is 34.1 Å². The summed E-state index contributed by atoms with van der Waals surface area (Å²) in [6, 6.07) is 3.28. The van der Waals surface area contributed by atoms with E-state index >= 15 is 0 Å². The van der Waals surface area contributed by atoms with E-state index in [2.05, 4.69) is 0 Å². The van der Waals surface area contributed by atoms with Crippen LogP contribution in [0.1, 0.15) is 25.7 Å². The first-order valence-electron chi connectivity index (χ1n) is 6.45. The van der Waals surface area contributed by atoms with Crippen LogP contribution in [-0.2, 0) is 0 Å². The van der Waals surface area contributed by atoms with Crippen LogP contribution in [0.15, 0.2) is 18.2 Å². The molecule has 0 spiro atoms. The molecular formula is C13H17FN2O3. The summed E-state index contributed by atoms with van der Waals surface area (Å²) < 4.78 is 13.4. The monoisotopic (exact) mass is 268 g/mol. The molecule has 0 bridgehead atoms. The van der Waals surface area contributed by atoms with Gasteiger partial charge in [-0.15, -0.1) is 0 Å². The van der Waals surface area contributed by atoms with Crippen molar-refractivity contribution in [2.45, 2.75) is 31.7 Å². The lowest BCUT2D eigenvalue weighted by Crippen LogP contribution is -2.38. The Hall–Kier alpha value is -1.69. The van der Waals surface area contributed by atoms with Crippen molar-refractivity contribution in [3.63, 3.8) is 0 Å². The molecule has 6 heteroatoms. The molecule has 0 saturated carbocycles. The molecule has 0 amide bonds. The lowest BCUT2D eigenvalue weighted by molar-refractivity contribution is -0.384. The van der Waals surface area contributed by atoms with Crippen LogP contribution in [0.25, 0.3) is 0 Å². The number of rotatable bonds is 3. The highest BCUT2D eigenvalue weighted by Gasteiger charge is 2.27. The van der Waals surface area contributed by atoms with Gasteiger partial charge in [0, 0.05) is 18.7 Å². The predicted molar refractivity (Wildman–Crippen MR) is 69.7 cm³/mol. The number of aliphatic hydroxyl groups is 1. The Balaban J connectivity index is 2.42. The second-order valence-corrected chi connectivity index (χ2v) is 4.77. The van der Waals surface area contributed by atoms with Crippen LogP contribution >= 0.6 is 0 Å². The smallest absolute Gasteiger partial charge is 0.292 e. The average Bonchev–Trinajstić information content (AvgIpc) is 2.63. The van der Waals surface area contributed by atoms with E-state index < -0.39 is 10.7 Å². The van der Waals surface area contributed by atoms with E-state index in [1.807, 2.05) is 0 Å². The Kier molecular flexibility index (Phi) is 4.31. The first-order valence-corrected chi connectivity index (χ1v) is 6.45. The van der Waals surface area contributed by atoms with Crippen molar-refractivity contribution in [2.75, 3.05) is 18.1 Å². The zero-order valence-corrected chi connectivity index (χ0v) is 10.6. The van der Waals surface area contributed by atoms with Gasteiger partial charge in [-0.2, -0.15) is 0 Å². The van der Waals surface area contributed by atoms with Crippen LogP contribution in [-0.4, -0.2) is 29.2 Å². The predicted octanol–water partition coefficient (Wildman–Crippen LogP) is 2.48. The van der Waals surface area contributed by atoms with Gasteiger partial charge in [0.2, 0.25) is 0 Å². The number of nitro benzene ring substituents is 1. The number of hydrogen-bond acceptors (Lipinski definition) is 4. The maximum absolute atomic E-state index is 13.4. The average molecular weight is 268 g/mol. The van der Waals surface area contributed by atoms with Gasteiger partial charge in [0.15, 0.2) is 0 Å². The van der Waals surface area contributed by atoms with Crippen LogP contribution in [0, 0.1) is 15.9 Å². The highest BCUT2D eigenvalue weighted by Crippen LogP contribution is 2.32. The molecular weight excluding hydrogens is 251 g/mol. The fourth-order valence-corrected chi connectivity index (χ4v) is 2.57. The summed E-state index contributed by atoms with van der Waals surface area (Å²) in [5.74, 6) is -0.499. The molecule has 0 aromatic heterocycles. The highest BCUT2D eigenvalue weighted by atomic mass is 19.1. The van der Waals surface area contributed by atoms with Gasteiger partial charge in [-0.05, 0) is 18.9 Å². The van der Waals surface area contributed by atoms with E-state index in [-0.39, 0.29) is 24.0 Å². The lowest BCUT2D eigenvalue weighted by atomic mass is 10.1. The van der Waals surface area contributed by atoms with Gasteiger partial charge in [0.05, 0.1) is 17.6 Å². The normalized spacial score (nSPS) is 20.1. The van der Waals surface area contributed by atoms with Crippen LogP contribution in [0.3, 0.4) is 0 Å². The number of hydrogen-bond donors (Lipinski definition) is 1. The molecule has 1 atom stereocenters. The molecule has 1 fully saturated rings. The molecule has 1 N–H and O–H groups in total. The van der Waals surface area contributed by atoms with Gasteiger partial charge >= 0.3 is 0 Å². The summed E-state index contributed by atoms with van der Waals surface area (Å²) in [7, 11) is 0.